The van der Waals surface area contributed by atoms with Crippen LogP contribution in [0, 0.1) is 0 Å². The van der Waals surface area contributed by atoms with Crippen LogP contribution in [-0.2, 0) is 5.75 Å². The van der Waals surface area contributed by atoms with E-state index >= 15 is 0 Å². The summed E-state index contributed by atoms with van der Waals surface area (Å²) in [4.78, 5) is 5.18. The van der Waals surface area contributed by atoms with Crippen LogP contribution in [0.25, 0.3) is 0 Å². The average Bonchev–Trinajstić information content (AvgIpc) is 2.52. The first-order valence-electron chi connectivity index (χ1n) is 5.94. The van der Waals surface area contributed by atoms with E-state index in [0.717, 1.165) is 16.2 Å². The lowest BCUT2D eigenvalue weighted by Gasteiger charge is -2.09. The molecule has 0 aliphatic carbocycles. The molecule has 0 fully saturated rings. The van der Waals surface area contributed by atoms with Crippen molar-refractivity contribution in [2.45, 2.75) is 10.6 Å². The van der Waals surface area contributed by atoms with Gasteiger partial charge in [0.05, 0.1) is 7.11 Å². The average molecular weight is 289 g/mol. The van der Waals surface area contributed by atoms with Crippen molar-refractivity contribution in [1.29, 1.82) is 0 Å². The zero-order valence-corrected chi connectivity index (χ0v) is 11.8. The van der Waals surface area contributed by atoms with Gasteiger partial charge in [-0.05, 0) is 23.8 Å². The van der Waals surface area contributed by atoms with Gasteiger partial charge in [-0.1, -0.05) is 23.4 Å². The molecule has 0 radical (unpaired) electrons. The summed E-state index contributed by atoms with van der Waals surface area (Å²) in [5.74, 6) is 1.49. The maximum Gasteiger partial charge on any atom is 0.189 e. The Morgan fingerprint density at radius 3 is 2.90 bits per heavy atom. The lowest BCUT2D eigenvalue weighted by Crippen LogP contribution is -2.17. The molecule has 0 aliphatic heterocycles. The molecule has 0 spiro atoms. The van der Waals surface area contributed by atoms with E-state index in [0.29, 0.717) is 11.4 Å². The molecule has 0 amide bonds. The number of methoxy groups -OCH3 is 1. The Bertz CT molecular complexity index is 617. The normalized spacial score (nSPS) is 11.3. The van der Waals surface area contributed by atoms with Crippen LogP contribution in [0.3, 0.4) is 0 Å². The minimum absolute atomic E-state index is 0.0150. The van der Waals surface area contributed by atoms with Crippen LogP contribution < -0.4 is 10.5 Å². The molecule has 1 aromatic carbocycles. The van der Waals surface area contributed by atoms with Crippen LogP contribution in [0.15, 0.2) is 52.6 Å². The van der Waals surface area contributed by atoms with E-state index in [1.165, 1.54) is 0 Å². The summed E-state index contributed by atoms with van der Waals surface area (Å²) in [6.45, 7) is 0. The van der Waals surface area contributed by atoms with Gasteiger partial charge in [-0.15, -0.1) is 11.8 Å². The molecular formula is C14H15N3O2S. The van der Waals surface area contributed by atoms with Crippen molar-refractivity contribution in [2.24, 2.45) is 10.9 Å². The number of nitrogens with zero attached hydrogens (tertiary/aromatic N) is 2. The first kappa shape index (κ1) is 14.2. The van der Waals surface area contributed by atoms with Crippen molar-refractivity contribution >= 4 is 17.6 Å². The van der Waals surface area contributed by atoms with Crippen LogP contribution in [-0.4, -0.2) is 23.1 Å². The second-order valence-corrected chi connectivity index (χ2v) is 4.95. The number of para-hydroxylation sites is 1. The second kappa shape index (κ2) is 6.81. The lowest BCUT2D eigenvalue weighted by atomic mass is 10.2. The number of rotatable bonds is 5. The summed E-state index contributed by atoms with van der Waals surface area (Å²) in [5.41, 5.74) is 7.02. The summed E-state index contributed by atoms with van der Waals surface area (Å²) in [5, 5.41) is 11.8. The molecule has 0 atom stereocenters. The SMILES string of the molecule is COc1ccccc1SCc1cccnc1C(N)=NO. The number of pyridine rings is 1. The predicted molar refractivity (Wildman–Crippen MR) is 79.3 cm³/mol. The molecule has 6 heteroatoms. The van der Waals surface area contributed by atoms with Crippen LogP contribution in [0.1, 0.15) is 11.3 Å². The molecule has 1 aromatic heterocycles. The fourth-order valence-corrected chi connectivity index (χ4v) is 2.74. The Balaban J connectivity index is 2.19. The van der Waals surface area contributed by atoms with Crippen LogP contribution in [0.5, 0.6) is 5.75 Å². The molecule has 3 N–H and O–H groups in total. The number of oxime groups is 1. The molecule has 20 heavy (non-hydrogen) atoms. The molecule has 0 saturated carbocycles. The van der Waals surface area contributed by atoms with Gasteiger partial charge < -0.3 is 15.7 Å². The lowest BCUT2D eigenvalue weighted by molar-refractivity contribution is 0.318. The van der Waals surface area contributed by atoms with Gasteiger partial charge in [-0.2, -0.15) is 0 Å². The number of amidine groups is 1. The third-order valence-electron chi connectivity index (χ3n) is 2.69. The van der Waals surface area contributed by atoms with Crippen LogP contribution in [0.2, 0.25) is 0 Å². The Kier molecular flexibility index (Phi) is 4.84. The second-order valence-electron chi connectivity index (χ2n) is 3.94. The van der Waals surface area contributed by atoms with E-state index in [2.05, 4.69) is 10.1 Å². The number of hydrogen-bond acceptors (Lipinski definition) is 5. The van der Waals surface area contributed by atoms with Gasteiger partial charge in [-0.25, -0.2) is 0 Å². The van der Waals surface area contributed by atoms with Gasteiger partial charge in [0.15, 0.2) is 5.84 Å². The van der Waals surface area contributed by atoms with Crippen molar-refractivity contribution in [2.75, 3.05) is 7.11 Å². The summed E-state index contributed by atoms with van der Waals surface area (Å²) in [6.07, 6.45) is 1.62. The summed E-state index contributed by atoms with van der Waals surface area (Å²) < 4.78 is 5.31. The van der Waals surface area contributed by atoms with Crippen molar-refractivity contribution in [3.05, 3.63) is 53.9 Å². The Morgan fingerprint density at radius 2 is 2.15 bits per heavy atom. The third-order valence-corrected chi connectivity index (χ3v) is 3.80. The number of aromatic nitrogens is 1. The Hall–Kier alpha value is -2.21. The number of hydrogen-bond donors (Lipinski definition) is 2. The molecule has 5 nitrogen and oxygen atoms in total. The number of nitrogens with two attached hydrogens (primary N) is 1. The molecule has 0 bridgehead atoms. The molecule has 104 valence electrons. The summed E-state index contributed by atoms with van der Waals surface area (Å²) in [7, 11) is 1.64. The molecule has 0 unspecified atom stereocenters. The van der Waals surface area contributed by atoms with Crippen LogP contribution >= 0.6 is 11.8 Å². The zero-order valence-electron chi connectivity index (χ0n) is 11.0. The molecule has 0 aliphatic rings. The van der Waals surface area contributed by atoms with E-state index in [9.17, 15) is 0 Å². The van der Waals surface area contributed by atoms with Crippen molar-refractivity contribution in [3.8, 4) is 5.75 Å². The molecule has 2 rings (SSSR count). The van der Waals surface area contributed by atoms with E-state index in [-0.39, 0.29) is 5.84 Å². The molecular weight excluding hydrogens is 274 g/mol. The maximum atomic E-state index is 8.78. The fraction of sp³-hybridized carbons (Fsp3) is 0.143. The Labute approximate surface area is 121 Å². The first-order chi connectivity index (χ1) is 9.76. The highest BCUT2D eigenvalue weighted by molar-refractivity contribution is 7.98. The monoisotopic (exact) mass is 289 g/mol. The van der Waals surface area contributed by atoms with E-state index in [1.54, 1.807) is 25.1 Å². The van der Waals surface area contributed by atoms with E-state index < -0.39 is 0 Å². The fourth-order valence-electron chi connectivity index (χ4n) is 1.73. The summed E-state index contributed by atoms with van der Waals surface area (Å²) >= 11 is 1.61. The standard InChI is InChI=1S/C14H15N3O2S/c1-19-11-6-2-3-7-12(11)20-9-10-5-4-8-16-13(10)14(15)17-18/h2-8,18H,9H2,1H3,(H2,15,17). The quantitative estimate of drug-likeness (QED) is 0.290. The van der Waals surface area contributed by atoms with Gasteiger partial charge in [0.25, 0.3) is 0 Å². The van der Waals surface area contributed by atoms with E-state index in [4.69, 9.17) is 15.7 Å². The minimum atomic E-state index is 0.0150. The molecule has 0 saturated heterocycles. The maximum absolute atomic E-state index is 8.78. The predicted octanol–water partition coefficient (Wildman–Crippen LogP) is 2.48. The number of benzene rings is 1. The zero-order chi connectivity index (χ0) is 14.4. The van der Waals surface area contributed by atoms with E-state index in [1.807, 2.05) is 36.4 Å². The van der Waals surface area contributed by atoms with Crippen molar-refractivity contribution in [3.63, 3.8) is 0 Å². The van der Waals surface area contributed by atoms with Gasteiger partial charge in [-0.3, -0.25) is 4.98 Å². The molecule has 2 aromatic rings. The molecule has 1 heterocycles. The smallest absolute Gasteiger partial charge is 0.189 e. The largest absolute Gasteiger partial charge is 0.496 e. The van der Waals surface area contributed by atoms with Crippen molar-refractivity contribution in [1.82, 2.24) is 4.98 Å². The van der Waals surface area contributed by atoms with Gasteiger partial charge in [0, 0.05) is 16.8 Å². The minimum Gasteiger partial charge on any atom is -0.496 e. The van der Waals surface area contributed by atoms with Crippen molar-refractivity contribution < 1.29 is 9.94 Å². The highest BCUT2D eigenvalue weighted by atomic mass is 32.2. The Morgan fingerprint density at radius 1 is 1.35 bits per heavy atom. The summed E-state index contributed by atoms with van der Waals surface area (Å²) in [6, 6.07) is 11.5. The van der Waals surface area contributed by atoms with Gasteiger partial charge in [0.1, 0.15) is 11.4 Å². The number of thioether (sulfide) groups is 1. The highest BCUT2D eigenvalue weighted by Crippen LogP contribution is 2.31. The number of ether oxygens (including phenoxy) is 1. The topological polar surface area (TPSA) is 80.7 Å². The van der Waals surface area contributed by atoms with Crippen LogP contribution in [0.4, 0.5) is 0 Å². The third kappa shape index (κ3) is 3.21. The van der Waals surface area contributed by atoms with Gasteiger partial charge in [0.2, 0.25) is 0 Å². The highest BCUT2D eigenvalue weighted by Gasteiger charge is 2.10. The first-order valence-corrected chi connectivity index (χ1v) is 6.92. The van der Waals surface area contributed by atoms with Gasteiger partial charge >= 0.3 is 0 Å².